The van der Waals surface area contributed by atoms with Crippen LogP contribution in [0.4, 0.5) is 23.7 Å². The molecule has 0 fully saturated rings. The first-order valence-corrected chi connectivity index (χ1v) is 8.02. The molecule has 0 aliphatic carbocycles. The summed E-state index contributed by atoms with van der Waals surface area (Å²) in [7, 11) is 1.23. The lowest BCUT2D eigenvalue weighted by Gasteiger charge is -2.17. The van der Waals surface area contributed by atoms with E-state index < -0.39 is 17.8 Å². The highest BCUT2D eigenvalue weighted by molar-refractivity contribution is 5.85. The molecule has 0 spiro atoms. The summed E-state index contributed by atoms with van der Waals surface area (Å²) in [6.45, 7) is 3.45. The minimum Gasteiger partial charge on any atom is -0.488 e. The number of methoxy groups -OCH3 is 1. The Labute approximate surface area is 149 Å². The van der Waals surface area contributed by atoms with Crippen molar-refractivity contribution in [2.45, 2.75) is 33.1 Å². The Bertz CT molecular complexity index is 788. The predicted octanol–water partition coefficient (Wildman–Crippen LogP) is 5.33. The predicted molar refractivity (Wildman–Crippen MR) is 92.4 cm³/mol. The Morgan fingerprint density at radius 1 is 1.19 bits per heavy atom. The summed E-state index contributed by atoms with van der Waals surface area (Å²) in [6, 6.07) is 9.17. The van der Waals surface area contributed by atoms with Gasteiger partial charge in [-0.15, -0.1) is 0 Å². The molecular weight excluding hydrogens is 347 g/mol. The molecule has 0 radical (unpaired) electrons. The van der Waals surface area contributed by atoms with Crippen LogP contribution < -0.4 is 10.1 Å². The monoisotopic (exact) mass is 367 g/mol. The van der Waals surface area contributed by atoms with Crippen LogP contribution in [-0.2, 0) is 23.9 Å². The molecule has 0 saturated carbocycles. The molecule has 2 rings (SSSR count). The number of ether oxygens (including phenoxy) is 2. The molecule has 0 aliphatic rings. The number of amides is 1. The van der Waals surface area contributed by atoms with Crippen LogP contribution in [0.2, 0.25) is 0 Å². The molecule has 2 aromatic rings. The normalized spacial score (nSPS) is 11.2. The molecule has 0 aromatic heterocycles. The van der Waals surface area contributed by atoms with E-state index in [1.54, 1.807) is 38.1 Å². The van der Waals surface area contributed by atoms with Crippen LogP contribution in [0, 0.1) is 6.92 Å². The summed E-state index contributed by atoms with van der Waals surface area (Å²) in [5, 5.41) is 2.54. The van der Waals surface area contributed by atoms with Gasteiger partial charge in [-0.1, -0.05) is 25.1 Å². The second-order valence-electron chi connectivity index (χ2n) is 5.69. The number of anilines is 1. The van der Waals surface area contributed by atoms with Gasteiger partial charge in [-0.3, -0.25) is 5.32 Å². The zero-order chi connectivity index (χ0) is 19.3. The molecule has 140 valence electrons. The molecule has 0 bridgehead atoms. The minimum atomic E-state index is -4.51. The molecule has 26 heavy (non-hydrogen) atoms. The van der Waals surface area contributed by atoms with Crippen LogP contribution in [0.25, 0.3) is 0 Å². The van der Waals surface area contributed by atoms with Crippen molar-refractivity contribution in [3.8, 4) is 5.75 Å². The number of hydrogen-bond donors (Lipinski definition) is 1. The molecular formula is C19H20F3NO3. The van der Waals surface area contributed by atoms with Crippen LogP contribution >= 0.6 is 0 Å². The Hall–Kier alpha value is -2.70. The van der Waals surface area contributed by atoms with Gasteiger partial charge in [0.05, 0.1) is 18.4 Å². The van der Waals surface area contributed by atoms with Crippen LogP contribution in [0.5, 0.6) is 5.75 Å². The molecule has 0 unspecified atom stereocenters. The zero-order valence-corrected chi connectivity index (χ0v) is 14.7. The first-order chi connectivity index (χ1) is 12.3. The average Bonchev–Trinajstić information content (AvgIpc) is 2.60. The molecule has 0 atom stereocenters. The van der Waals surface area contributed by atoms with E-state index in [-0.39, 0.29) is 12.4 Å². The Kier molecular flexibility index (Phi) is 6.13. The van der Waals surface area contributed by atoms with E-state index in [0.29, 0.717) is 23.2 Å². The Balaban J connectivity index is 2.31. The molecule has 7 heteroatoms. The number of carbonyl (C=O) groups excluding carboxylic acids is 1. The van der Waals surface area contributed by atoms with Crippen molar-refractivity contribution in [1.82, 2.24) is 0 Å². The van der Waals surface area contributed by atoms with Crippen molar-refractivity contribution in [3.63, 3.8) is 0 Å². The Morgan fingerprint density at radius 3 is 2.54 bits per heavy atom. The average molecular weight is 367 g/mol. The van der Waals surface area contributed by atoms with Gasteiger partial charge in [0, 0.05) is 5.56 Å². The summed E-state index contributed by atoms with van der Waals surface area (Å²) in [5.41, 5.74) is 1.54. The van der Waals surface area contributed by atoms with Gasteiger partial charge in [-0.05, 0) is 42.7 Å². The van der Waals surface area contributed by atoms with Crippen molar-refractivity contribution in [3.05, 3.63) is 58.7 Å². The maximum absolute atomic E-state index is 13.3. The summed E-state index contributed by atoms with van der Waals surface area (Å²) < 4.78 is 50.0. The van der Waals surface area contributed by atoms with E-state index in [1.807, 2.05) is 0 Å². The van der Waals surface area contributed by atoms with E-state index in [0.717, 1.165) is 11.6 Å². The lowest BCUT2D eigenvalue weighted by atomic mass is 10.1. The van der Waals surface area contributed by atoms with E-state index in [1.165, 1.54) is 13.2 Å². The first kappa shape index (κ1) is 19.6. The highest BCUT2D eigenvalue weighted by Crippen LogP contribution is 2.37. The quantitative estimate of drug-likeness (QED) is 0.777. The van der Waals surface area contributed by atoms with Crippen molar-refractivity contribution < 1.29 is 27.4 Å². The van der Waals surface area contributed by atoms with E-state index in [4.69, 9.17) is 4.74 Å². The standard InChI is InChI=1S/C19H20F3NO3/c1-4-13-8-9-17(15(10-13)19(20,21)22)26-11-14-12(2)6-5-7-16(14)23-18(24)25-3/h5-10H,4,11H2,1-3H3,(H,23,24). The van der Waals surface area contributed by atoms with Gasteiger partial charge in [0.25, 0.3) is 0 Å². The van der Waals surface area contributed by atoms with Crippen molar-refractivity contribution >= 4 is 11.8 Å². The highest BCUT2D eigenvalue weighted by atomic mass is 19.4. The van der Waals surface area contributed by atoms with Crippen LogP contribution in [0.15, 0.2) is 36.4 Å². The minimum absolute atomic E-state index is 0.124. The highest BCUT2D eigenvalue weighted by Gasteiger charge is 2.34. The third-order valence-electron chi connectivity index (χ3n) is 3.96. The van der Waals surface area contributed by atoms with Crippen LogP contribution in [0.3, 0.4) is 0 Å². The summed E-state index contributed by atoms with van der Waals surface area (Å²) in [6.07, 6.45) is -4.69. The number of nitrogens with one attached hydrogen (secondary N) is 1. The maximum Gasteiger partial charge on any atom is 0.419 e. The summed E-state index contributed by atoms with van der Waals surface area (Å²) >= 11 is 0. The number of hydrogen-bond acceptors (Lipinski definition) is 3. The topological polar surface area (TPSA) is 47.6 Å². The smallest absolute Gasteiger partial charge is 0.419 e. The summed E-state index contributed by atoms with van der Waals surface area (Å²) in [4.78, 5) is 11.5. The van der Waals surface area contributed by atoms with Gasteiger partial charge < -0.3 is 9.47 Å². The van der Waals surface area contributed by atoms with Crippen molar-refractivity contribution in [1.29, 1.82) is 0 Å². The molecule has 0 aliphatic heterocycles. The fourth-order valence-corrected chi connectivity index (χ4v) is 2.47. The lowest BCUT2D eigenvalue weighted by molar-refractivity contribution is -0.139. The Morgan fingerprint density at radius 2 is 1.92 bits per heavy atom. The zero-order valence-electron chi connectivity index (χ0n) is 14.7. The number of rotatable bonds is 5. The molecule has 1 N–H and O–H groups in total. The molecule has 0 saturated heterocycles. The van der Waals surface area contributed by atoms with Crippen molar-refractivity contribution in [2.24, 2.45) is 0 Å². The van der Waals surface area contributed by atoms with Gasteiger partial charge >= 0.3 is 12.3 Å². The maximum atomic E-state index is 13.3. The fraction of sp³-hybridized carbons (Fsp3) is 0.316. The number of benzene rings is 2. The number of halogens is 3. The number of carbonyl (C=O) groups is 1. The summed E-state index contributed by atoms with van der Waals surface area (Å²) in [5.74, 6) is -0.248. The van der Waals surface area contributed by atoms with Gasteiger partial charge in [-0.2, -0.15) is 13.2 Å². The van der Waals surface area contributed by atoms with Gasteiger partial charge in [0.2, 0.25) is 0 Å². The first-order valence-electron chi connectivity index (χ1n) is 8.02. The fourth-order valence-electron chi connectivity index (χ4n) is 2.47. The molecule has 1 amide bonds. The number of alkyl halides is 3. The third kappa shape index (κ3) is 4.68. The molecule has 4 nitrogen and oxygen atoms in total. The molecule has 0 heterocycles. The second kappa shape index (κ2) is 8.12. The second-order valence-corrected chi connectivity index (χ2v) is 5.69. The van der Waals surface area contributed by atoms with Crippen molar-refractivity contribution in [2.75, 3.05) is 12.4 Å². The van der Waals surface area contributed by atoms with Gasteiger partial charge in [0.15, 0.2) is 0 Å². The van der Waals surface area contributed by atoms with Crippen LogP contribution in [0.1, 0.15) is 29.2 Å². The lowest BCUT2D eigenvalue weighted by Crippen LogP contribution is -2.14. The van der Waals surface area contributed by atoms with Crippen LogP contribution in [-0.4, -0.2) is 13.2 Å². The SMILES string of the molecule is CCc1ccc(OCc2c(C)cccc2NC(=O)OC)c(C(F)(F)F)c1. The van der Waals surface area contributed by atoms with E-state index in [2.05, 4.69) is 10.1 Å². The third-order valence-corrected chi connectivity index (χ3v) is 3.96. The van der Waals surface area contributed by atoms with Gasteiger partial charge in [-0.25, -0.2) is 4.79 Å². The van der Waals surface area contributed by atoms with E-state index >= 15 is 0 Å². The largest absolute Gasteiger partial charge is 0.488 e. The van der Waals surface area contributed by atoms with E-state index in [9.17, 15) is 18.0 Å². The van der Waals surface area contributed by atoms with Gasteiger partial charge in [0.1, 0.15) is 12.4 Å². The molecule has 2 aromatic carbocycles. The number of aryl methyl sites for hydroxylation is 2.